The number of fused-ring (bicyclic) bond motifs is 3. The number of hydrogen-bond acceptors (Lipinski definition) is 5. The Morgan fingerprint density at radius 1 is 1.05 bits per heavy atom. The van der Waals surface area contributed by atoms with Crippen LogP contribution in [0.15, 0.2) is 47.7 Å². The summed E-state index contributed by atoms with van der Waals surface area (Å²) in [5.74, 6) is 0.552. The number of pyridine rings is 2. The minimum Gasteiger partial charge on any atom is -0.306 e. The van der Waals surface area contributed by atoms with Crippen molar-refractivity contribution in [1.82, 2.24) is 19.9 Å². The van der Waals surface area contributed by atoms with Crippen molar-refractivity contribution >= 4 is 31.8 Å². The van der Waals surface area contributed by atoms with Gasteiger partial charge in [-0.2, -0.15) is 0 Å². The van der Waals surface area contributed by atoms with E-state index in [9.17, 15) is 4.79 Å². The lowest BCUT2D eigenvalue weighted by atomic mass is 10.2. The molecule has 0 fully saturated rings. The smallest absolute Gasteiger partial charge is 0.260 e. The first-order valence-corrected chi connectivity index (χ1v) is 6.82. The molecule has 96 valence electrons. The van der Waals surface area contributed by atoms with E-state index in [0.717, 1.165) is 15.8 Å². The van der Waals surface area contributed by atoms with Gasteiger partial charge in [0.15, 0.2) is 0 Å². The van der Waals surface area contributed by atoms with Crippen LogP contribution in [0.4, 0.5) is 0 Å². The molecule has 20 heavy (non-hydrogen) atoms. The van der Waals surface area contributed by atoms with Gasteiger partial charge in [-0.05, 0) is 24.3 Å². The maximum absolute atomic E-state index is 12.3. The number of aromatic nitrogens is 4. The molecule has 0 spiro atoms. The fourth-order valence-corrected chi connectivity index (χ4v) is 3.18. The van der Waals surface area contributed by atoms with Crippen molar-refractivity contribution in [2.24, 2.45) is 0 Å². The quantitative estimate of drug-likeness (QED) is 0.581. The van der Waals surface area contributed by atoms with Crippen molar-refractivity contribution in [1.29, 1.82) is 0 Å². The van der Waals surface area contributed by atoms with Gasteiger partial charge in [0.1, 0.15) is 15.5 Å². The highest BCUT2D eigenvalue weighted by Crippen LogP contribution is 2.29. The van der Waals surface area contributed by atoms with Crippen LogP contribution in [-0.4, -0.2) is 19.9 Å². The maximum atomic E-state index is 12.3. The van der Waals surface area contributed by atoms with Crippen LogP contribution in [0.3, 0.4) is 0 Å². The third-order valence-electron chi connectivity index (χ3n) is 3.07. The number of nitrogens with one attached hydrogen (secondary N) is 1. The fraction of sp³-hybridized carbons (Fsp3) is 0. The van der Waals surface area contributed by atoms with E-state index in [2.05, 4.69) is 19.9 Å². The van der Waals surface area contributed by atoms with Gasteiger partial charge in [-0.25, -0.2) is 9.97 Å². The number of thiophene rings is 1. The highest BCUT2D eigenvalue weighted by molar-refractivity contribution is 7.25. The normalized spacial score (nSPS) is 11.2. The largest absolute Gasteiger partial charge is 0.306 e. The first-order valence-electron chi connectivity index (χ1n) is 6.01. The average Bonchev–Trinajstić information content (AvgIpc) is 2.87. The Hall–Kier alpha value is -2.60. The van der Waals surface area contributed by atoms with Crippen molar-refractivity contribution in [2.75, 3.05) is 0 Å². The summed E-state index contributed by atoms with van der Waals surface area (Å²) < 4.78 is 0. The molecule has 5 nitrogen and oxygen atoms in total. The molecule has 0 aliphatic rings. The lowest BCUT2D eigenvalue weighted by molar-refractivity contribution is 1.18. The summed E-state index contributed by atoms with van der Waals surface area (Å²) in [6.07, 6.45) is 5.06. The standard InChI is InChI=1S/C14H8N4OS/c19-12-10-9-2-1-5-16-13(9)20-14(10)18-11(17-12)8-3-6-15-7-4-8/h1-7H,(H,17,18,19). The van der Waals surface area contributed by atoms with Crippen molar-refractivity contribution in [3.05, 3.63) is 53.2 Å². The first-order chi connectivity index (χ1) is 9.83. The number of rotatable bonds is 1. The molecule has 0 radical (unpaired) electrons. The Morgan fingerprint density at radius 3 is 2.75 bits per heavy atom. The summed E-state index contributed by atoms with van der Waals surface area (Å²) >= 11 is 1.43. The summed E-state index contributed by atoms with van der Waals surface area (Å²) in [7, 11) is 0. The Kier molecular flexibility index (Phi) is 2.37. The zero-order valence-corrected chi connectivity index (χ0v) is 11.0. The Bertz CT molecular complexity index is 975. The topological polar surface area (TPSA) is 71.5 Å². The molecule has 4 aromatic rings. The van der Waals surface area contributed by atoms with Crippen LogP contribution >= 0.6 is 11.3 Å². The van der Waals surface area contributed by atoms with Crippen LogP contribution in [0.1, 0.15) is 0 Å². The van der Waals surface area contributed by atoms with E-state index in [0.29, 0.717) is 16.0 Å². The molecule has 0 atom stereocenters. The van der Waals surface area contributed by atoms with Gasteiger partial charge in [0, 0.05) is 29.5 Å². The molecule has 0 bridgehead atoms. The minimum atomic E-state index is -0.138. The van der Waals surface area contributed by atoms with Crippen LogP contribution in [0, 0.1) is 0 Å². The SMILES string of the molecule is O=c1[nH]c(-c2ccncc2)nc2sc3ncccc3c12. The second-order valence-electron chi connectivity index (χ2n) is 4.29. The molecule has 0 saturated heterocycles. The molecule has 4 rings (SSSR count). The van der Waals surface area contributed by atoms with Crippen molar-refractivity contribution in [3.8, 4) is 11.4 Å². The Labute approximate surface area is 117 Å². The minimum absolute atomic E-state index is 0.138. The summed E-state index contributed by atoms with van der Waals surface area (Å²) in [5.41, 5.74) is 0.700. The summed E-state index contributed by atoms with van der Waals surface area (Å²) in [5, 5.41) is 1.46. The lowest BCUT2D eigenvalue weighted by Crippen LogP contribution is -2.08. The third-order valence-corrected chi connectivity index (χ3v) is 4.08. The van der Waals surface area contributed by atoms with E-state index in [1.807, 2.05) is 24.3 Å². The molecule has 6 heteroatoms. The van der Waals surface area contributed by atoms with Gasteiger partial charge in [0.2, 0.25) is 0 Å². The molecular weight excluding hydrogens is 272 g/mol. The average molecular weight is 280 g/mol. The highest BCUT2D eigenvalue weighted by Gasteiger charge is 2.12. The molecule has 1 N–H and O–H groups in total. The molecule has 0 aliphatic heterocycles. The molecule has 0 amide bonds. The predicted molar refractivity (Wildman–Crippen MR) is 78.8 cm³/mol. The van der Waals surface area contributed by atoms with Crippen LogP contribution in [-0.2, 0) is 0 Å². The molecular formula is C14H8N4OS. The van der Waals surface area contributed by atoms with Crippen LogP contribution in [0.2, 0.25) is 0 Å². The van der Waals surface area contributed by atoms with Gasteiger partial charge in [-0.3, -0.25) is 9.78 Å². The summed E-state index contributed by atoms with van der Waals surface area (Å²) in [4.78, 5) is 29.5. The molecule has 0 saturated carbocycles. The Morgan fingerprint density at radius 2 is 1.90 bits per heavy atom. The van der Waals surface area contributed by atoms with E-state index >= 15 is 0 Å². The number of nitrogens with zero attached hydrogens (tertiary/aromatic N) is 3. The van der Waals surface area contributed by atoms with E-state index in [-0.39, 0.29) is 5.56 Å². The van der Waals surface area contributed by atoms with Gasteiger partial charge in [0.05, 0.1) is 5.39 Å². The van der Waals surface area contributed by atoms with Crippen molar-refractivity contribution < 1.29 is 0 Å². The third kappa shape index (κ3) is 1.62. The second-order valence-corrected chi connectivity index (χ2v) is 5.27. The van der Waals surface area contributed by atoms with Gasteiger partial charge in [0.25, 0.3) is 5.56 Å². The zero-order chi connectivity index (χ0) is 13.5. The molecule has 0 aliphatic carbocycles. The number of hydrogen-bond donors (Lipinski definition) is 1. The molecule has 4 aromatic heterocycles. The maximum Gasteiger partial charge on any atom is 0.260 e. The first kappa shape index (κ1) is 11.2. The van der Waals surface area contributed by atoms with E-state index < -0.39 is 0 Å². The van der Waals surface area contributed by atoms with Crippen LogP contribution in [0.5, 0.6) is 0 Å². The highest BCUT2D eigenvalue weighted by atomic mass is 32.1. The van der Waals surface area contributed by atoms with E-state index in [1.165, 1.54) is 11.3 Å². The number of aromatic amines is 1. The molecule has 0 aromatic carbocycles. The fourth-order valence-electron chi connectivity index (χ4n) is 2.16. The van der Waals surface area contributed by atoms with Crippen molar-refractivity contribution in [2.45, 2.75) is 0 Å². The van der Waals surface area contributed by atoms with Gasteiger partial charge >= 0.3 is 0 Å². The Balaban J connectivity index is 2.09. The van der Waals surface area contributed by atoms with Gasteiger partial charge in [-0.1, -0.05) is 11.3 Å². The lowest BCUT2D eigenvalue weighted by Gasteiger charge is -1.99. The zero-order valence-electron chi connectivity index (χ0n) is 10.2. The van der Waals surface area contributed by atoms with Gasteiger partial charge in [-0.15, -0.1) is 0 Å². The number of H-pyrrole nitrogens is 1. The van der Waals surface area contributed by atoms with Crippen LogP contribution < -0.4 is 5.56 Å². The predicted octanol–water partition coefficient (Wildman–Crippen LogP) is 2.59. The van der Waals surface area contributed by atoms with Crippen molar-refractivity contribution in [3.63, 3.8) is 0 Å². The monoisotopic (exact) mass is 280 g/mol. The van der Waals surface area contributed by atoms with Crippen LogP contribution in [0.25, 0.3) is 31.8 Å². The molecule has 4 heterocycles. The van der Waals surface area contributed by atoms with E-state index in [4.69, 9.17) is 0 Å². The van der Waals surface area contributed by atoms with Gasteiger partial charge < -0.3 is 4.98 Å². The summed E-state index contributed by atoms with van der Waals surface area (Å²) in [6.45, 7) is 0. The second kappa shape index (κ2) is 4.21. The van der Waals surface area contributed by atoms with E-state index in [1.54, 1.807) is 18.6 Å². The molecule has 0 unspecified atom stereocenters. The summed E-state index contributed by atoms with van der Waals surface area (Å²) in [6, 6.07) is 7.35.